The van der Waals surface area contributed by atoms with Gasteiger partial charge in [-0.25, -0.2) is 9.59 Å². The molecule has 6 nitrogen and oxygen atoms in total. The minimum atomic E-state index is -0.879. The van der Waals surface area contributed by atoms with Crippen LogP contribution < -0.4 is 0 Å². The van der Waals surface area contributed by atoms with Gasteiger partial charge in [-0.05, 0) is 51.9 Å². The average molecular weight is 299 g/mol. The summed E-state index contributed by atoms with van der Waals surface area (Å²) in [7, 11) is 0. The summed E-state index contributed by atoms with van der Waals surface area (Å²) < 4.78 is 10.9. The van der Waals surface area contributed by atoms with Crippen LogP contribution in [0.2, 0.25) is 0 Å². The summed E-state index contributed by atoms with van der Waals surface area (Å²) in [6.07, 6.45) is 2.17. The summed E-state index contributed by atoms with van der Waals surface area (Å²) in [6, 6.07) is 0. The van der Waals surface area contributed by atoms with Crippen LogP contribution >= 0.6 is 0 Å². The minimum Gasteiger partial charge on any atom is -0.479 e. The molecule has 6 heteroatoms. The van der Waals surface area contributed by atoms with E-state index in [9.17, 15) is 9.59 Å². The molecule has 2 aliphatic heterocycles. The van der Waals surface area contributed by atoms with Gasteiger partial charge in [0, 0.05) is 13.1 Å². The molecule has 0 aliphatic carbocycles. The van der Waals surface area contributed by atoms with Gasteiger partial charge >= 0.3 is 12.1 Å². The number of rotatable bonds is 1. The van der Waals surface area contributed by atoms with Crippen LogP contribution in [0.25, 0.3) is 0 Å². The van der Waals surface area contributed by atoms with E-state index in [2.05, 4.69) is 0 Å². The molecule has 1 spiro atoms. The molecule has 21 heavy (non-hydrogen) atoms. The largest absolute Gasteiger partial charge is 0.479 e. The van der Waals surface area contributed by atoms with Crippen LogP contribution in [0.4, 0.5) is 4.79 Å². The molecule has 2 heterocycles. The normalized spacial score (nSPS) is 25.7. The number of carboxylic acids is 1. The lowest BCUT2D eigenvalue weighted by Gasteiger charge is -2.45. The standard InChI is InChI=1S/C15H25NO5/c1-14(2,3)21-13(19)16-8-6-15(7-9-16)5-4-11(12(17)18)20-10-15/h11H,4-10H2,1-3H3,(H,17,18). The van der Waals surface area contributed by atoms with Gasteiger partial charge in [-0.1, -0.05) is 0 Å². The number of ether oxygens (including phenoxy) is 2. The second kappa shape index (κ2) is 5.83. The Morgan fingerprint density at radius 1 is 1.24 bits per heavy atom. The van der Waals surface area contributed by atoms with E-state index in [-0.39, 0.29) is 11.5 Å². The molecule has 0 radical (unpaired) electrons. The van der Waals surface area contributed by atoms with Crippen molar-refractivity contribution in [1.82, 2.24) is 4.90 Å². The van der Waals surface area contributed by atoms with Gasteiger partial charge in [-0.15, -0.1) is 0 Å². The van der Waals surface area contributed by atoms with Crippen molar-refractivity contribution in [3.8, 4) is 0 Å². The van der Waals surface area contributed by atoms with Gasteiger partial charge in [0.05, 0.1) is 6.61 Å². The SMILES string of the molecule is CC(C)(C)OC(=O)N1CCC2(CCC(C(=O)O)OC2)CC1. The maximum Gasteiger partial charge on any atom is 0.410 e. The highest BCUT2D eigenvalue weighted by atomic mass is 16.6. The van der Waals surface area contributed by atoms with E-state index in [0.717, 1.165) is 19.3 Å². The van der Waals surface area contributed by atoms with E-state index >= 15 is 0 Å². The number of carbonyl (C=O) groups is 2. The lowest BCUT2D eigenvalue weighted by molar-refractivity contribution is -0.161. The number of carbonyl (C=O) groups excluding carboxylic acids is 1. The maximum absolute atomic E-state index is 12.0. The molecule has 1 N–H and O–H groups in total. The topological polar surface area (TPSA) is 76.1 Å². The summed E-state index contributed by atoms with van der Waals surface area (Å²) in [5.74, 6) is -0.879. The van der Waals surface area contributed by atoms with Crippen LogP contribution in [0.3, 0.4) is 0 Å². The van der Waals surface area contributed by atoms with Gasteiger partial charge in [0.15, 0.2) is 6.10 Å². The number of hydrogen-bond donors (Lipinski definition) is 1. The third kappa shape index (κ3) is 4.09. The predicted molar refractivity (Wildman–Crippen MR) is 76.1 cm³/mol. The number of likely N-dealkylation sites (tertiary alicyclic amines) is 1. The number of amides is 1. The Morgan fingerprint density at radius 2 is 1.86 bits per heavy atom. The first-order chi connectivity index (χ1) is 9.71. The summed E-state index contributed by atoms with van der Waals surface area (Å²) >= 11 is 0. The van der Waals surface area contributed by atoms with E-state index in [0.29, 0.717) is 26.1 Å². The van der Waals surface area contributed by atoms with E-state index in [1.807, 2.05) is 20.8 Å². The van der Waals surface area contributed by atoms with Crippen molar-refractivity contribution in [2.24, 2.45) is 5.41 Å². The number of nitrogens with zero attached hydrogens (tertiary/aromatic N) is 1. The first-order valence-corrected chi connectivity index (χ1v) is 7.53. The Labute approximate surface area is 125 Å². The summed E-state index contributed by atoms with van der Waals surface area (Å²) in [5, 5.41) is 8.95. The fraction of sp³-hybridized carbons (Fsp3) is 0.867. The van der Waals surface area contributed by atoms with Gasteiger partial charge in [0.2, 0.25) is 0 Å². The minimum absolute atomic E-state index is 0.0322. The Kier molecular flexibility index (Phi) is 4.46. The summed E-state index contributed by atoms with van der Waals surface area (Å²) in [6.45, 7) is 7.35. The van der Waals surface area contributed by atoms with Gasteiger partial charge in [-0.2, -0.15) is 0 Å². The van der Waals surface area contributed by atoms with Gasteiger partial charge in [0.1, 0.15) is 5.60 Å². The van der Waals surface area contributed by atoms with Crippen LogP contribution in [0.1, 0.15) is 46.5 Å². The molecule has 2 fully saturated rings. The average Bonchev–Trinajstić information content (AvgIpc) is 2.38. The molecule has 0 bridgehead atoms. The van der Waals surface area contributed by atoms with Crippen LogP contribution in [0.5, 0.6) is 0 Å². The molecule has 0 aromatic carbocycles. The van der Waals surface area contributed by atoms with Crippen LogP contribution in [-0.2, 0) is 14.3 Å². The van der Waals surface area contributed by atoms with Gasteiger partial charge < -0.3 is 19.5 Å². The second-order valence-corrected chi connectivity index (χ2v) is 7.14. The molecule has 2 saturated heterocycles. The fourth-order valence-corrected chi connectivity index (χ4v) is 2.95. The zero-order valence-corrected chi connectivity index (χ0v) is 13.1. The van der Waals surface area contributed by atoms with Crippen molar-refractivity contribution in [3.05, 3.63) is 0 Å². The molecule has 0 aromatic heterocycles. The van der Waals surface area contributed by atoms with Crippen molar-refractivity contribution in [3.63, 3.8) is 0 Å². The second-order valence-electron chi connectivity index (χ2n) is 7.14. The Balaban J connectivity index is 1.84. The van der Waals surface area contributed by atoms with Crippen molar-refractivity contribution < 1.29 is 24.2 Å². The van der Waals surface area contributed by atoms with Crippen LogP contribution in [0, 0.1) is 5.41 Å². The smallest absolute Gasteiger partial charge is 0.410 e. The number of aliphatic carboxylic acids is 1. The van der Waals surface area contributed by atoms with Crippen LogP contribution in [-0.4, -0.2) is 53.5 Å². The summed E-state index contributed by atoms with van der Waals surface area (Å²) in [5.41, 5.74) is -0.445. The lowest BCUT2D eigenvalue weighted by Crippen LogP contribution is -2.49. The highest BCUT2D eigenvalue weighted by Gasteiger charge is 2.41. The zero-order valence-electron chi connectivity index (χ0n) is 13.1. The maximum atomic E-state index is 12.0. The third-order valence-corrected chi connectivity index (χ3v) is 4.28. The molecule has 120 valence electrons. The zero-order chi connectivity index (χ0) is 15.7. The van der Waals surface area contributed by atoms with Crippen molar-refractivity contribution in [1.29, 1.82) is 0 Å². The van der Waals surface area contributed by atoms with Crippen LogP contribution in [0.15, 0.2) is 0 Å². The first kappa shape index (κ1) is 16.1. The van der Waals surface area contributed by atoms with Gasteiger partial charge in [0.25, 0.3) is 0 Å². The molecule has 2 aliphatic rings. The molecule has 1 amide bonds. The molecular formula is C15H25NO5. The van der Waals surface area contributed by atoms with Crippen molar-refractivity contribution >= 4 is 12.1 Å². The predicted octanol–water partition coefficient (Wildman–Crippen LogP) is 2.27. The number of carboxylic acid groups (broad SMARTS) is 1. The highest BCUT2D eigenvalue weighted by molar-refractivity contribution is 5.72. The fourth-order valence-electron chi connectivity index (χ4n) is 2.95. The molecular weight excluding hydrogens is 274 g/mol. The van der Waals surface area contributed by atoms with E-state index in [1.165, 1.54) is 0 Å². The van der Waals surface area contributed by atoms with E-state index in [4.69, 9.17) is 14.6 Å². The Bertz CT molecular complexity index is 397. The number of hydrogen-bond acceptors (Lipinski definition) is 4. The Hall–Kier alpha value is -1.30. The third-order valence-electron chi connectivity index (χ3n) is 4.28. The molecule has 0 saturated carbocycles. The first-order valence-electron chi connectivity index (χ1n) is 7.53. The van der Waals surface area contributed by atoms with Gasteiger partial charge in [-0.3, -0.25) is 0 Å². The molecule has 1 atom stereocenters. The van der Waals surface area contributed by atoms with E-state index in [1.54, 1.807) is 4.90 Å². The van der Waals surface area contributed by atoms with Crippen molar-refractivity contribution in [2.75, 3.05) is 19.7 Å². The molecule has 0 aromatic rings. The monoisotopic (exact) mass is 299 g/mol. The highest BCUT2D eigenvalue weighted by Crippen LogP contribution is 2.40. The van der Waals surface area contributed by atoms with E-state index < -0.39 is 17.7 Å². The molecule has 2 rings (SSSR count). The number of piperidine rings is 1. The quantitative estimate of drug-likeness (QED) is 0.803. The molecule has 1 unspecified atom stereocenters. The lowest BCUT2D eigenvalue weighted by atomic mass is 9.73. The Morgan fingerprint density at radius 3 is 2.29 bits per heavy atom. The summed E-state index contributed by atoms with van der Waals surface area (Å²) in [4.78, 5) is 24.7. The van der Waals surface area contributed by atoms with Crippen molar-refractivity contribution in [2.45, 2.75) is 58.2 Å².